The molecule has 4 nitrogen and oxygen atoms in total. The molecule has 5 heteroatoms. The van der Waals surface area contributed by atoms with Crippen LogP contribution in [0.5, 0.6) is 0 Å². The summed E-state index contributed by atoms with van der Waals surface area (Å²) >= 11 is 3.36. The first-order chi connectivity index (χ1) is 7.68. The standard InChI is InChI=1S/C11H16BrN3O/c12-9-6-10(8-14-7-9)15-5-3-1-2-4-11(13)16/h6-8,15H,1-5H2,(H2,13,16). The Morgan fingerprint density at radius 2 is 2.19 bits per heavy atom. The van der Waals surface area contributed by atoms with Crippen LogP contribution in [-0.2, 0) is 4.79 Å². The Morgan fingerprint density at radius 3 is 2.88 bits per heavy atom. The molecule has 0 atom stereocenters. The van der Waals surface area contributed by atoms with Crippen molar-refractivity contribution >= 4 is 27.5 Å². The molecule has 1 aromatic rings. The molecule has 0 saturated heterocycles. The molecule has 0 radical (unpaired) electrons. The van der Waals surface area contributed by atoms with Gasteiger partial charge in [-0.15, -0.1) is 0 Å². The summed E-state index contributed by atoms with van der Waals surface area (Å²) in [5.41, 5.74) is 6.05. The summed E-state index contributed by atoms with van der Waals surface area (Å²) in [6.07, 6.45) is 6.93. The first-order valence-electron chi connectivity index (χ1n) is 5.31. The summed E-state index contributed by atoms with van der Waals surface area (Å²) in [7, 11) is 0. The predicted octanol–water partition coefficient (Wildman–Crippen LogP) is 2.30. The molecule has 0 bridgehead atoms. The van der Waals surface area contributed by atoms with Gasteiger partial charge < -0.3 is 11.1 Å². The Labute approximate surface area is 104 Å². The molecule has 0 spiro atoms. The van der Waals surface area contributed by atoms with Crippen molar-refractivity contribution in [2.45, 2.75) is 25.7 Å². The van der Waals surface area contributed by atoms with Gasteiger partial charge >= 0.3 is 0 Å². The third kappa shape index (κ3) is 5.70. The highest BCUT2D eigenvalue weighted by atomic mass is 79.9. The van der Waals surface area contributed by atoms with E-state index in [2.05, 4.69) is 26.2 Å². The van der Waals surface area contributed by atoms with Crippen molar-refractivity contribution in [1.29, 1.82) is 0 Å². The minimum Gasteiger partial charge on any atom is -0.384 e. The highest BCUT2D eigenvalue weighted by Gasteiger charge is 1.96. The molecular formula is C11H16BrN3O. The van der Waals surface area contributed by atoms with Crippen LogP contribution in [0, 0.1) is 0 Å². The van der Waals surface area contributed by atoms with E-state index in [1.807, 2.05) is 6.07 Å². The van der Waals surface area contributed by atoms with Crippen molar-refractivity contribution in [2.75, 3.05) is 11.9 Å². The van der Waals surface area contributed by atoms with E-state index < -0.39 is 0 Å². The van der Waals surface area contributed by atoms with Gasteiger partial charge in [-0.3, -0.25) is 9.78 Å². The Bertz CT molecular complexity index is 344. The molecule has 0 aliphatic rings. The molecule has 0 saturated carbocycles. The average Bonchev–Trinajstić information content (AvgIpc) is 2.23. The van der Waals surface area contributed by atoms with Crippen molar-refractivity contribution in [3.63, 3.8) is 0 Å². The van der Waals surface area contributed by atoms with Gasteiger partial charge in [-0.2, -0.15) is 0 Å². The van der Waals surface area contributed by atoms with E-state index in [-0.39, 0.29) is 5.91 Å². The molecule has 0 fully saturated rings. The van der Waals surface area contributed by atoms with E-state index in [1.54, 1.807) is 12.4 Å². The van der Waals surface area contributed by atoms with E-state index in [0.717, 1.165) is 36.0 Å². The third-order valence-electron chi connectivity index (χ3n) is 2.13. The lowest BCUT2D eigenvalue weighted by molar-refractivity contribution is -0.118. The maximum Gasteiger partial charge on any atom is 0.217 e. The van der Waals surface area contributed by atoms with Gasteiger partial charge in [0.15, 0.2) is 0 Å². The molecule has 1 amide bonds. The largest absolute Gasteiger partial charge is 0.384 e. The van der Waals surface area contributed by atoms with E-state index in [9.17, 15) is 4.79 Å². The van der Waals surface area contributed by atoms with Gasteiger partial charge in [0.1, 0.15) is 0 Å². The second-order valence-corrected chi connectivity index (χ2v) is 4.51. The number of unbranched alkanes of at least 4 members (excludes halogenated alkanes) is 2. The fourth-order valence-corrected chi connectivity index (χ4v) is 1.71. The molecule has 1 heterocycles. The zero-order valence-corrected chi connectivity index (χ0v) is 10.7. The second-order valence-electron chi connectivity index (χ2n) is 3.60. The number of carbonyl (C=O) groups excluding carboxylic acids is 1. The van der Waals surface area contributed by atoms with Crippen molar-refractivity contribution in [2.24, 2.45) is 5.73 Å². The zero-order valence-electron chi connectivity index (χ0n) is 9.08. The van der Waals surface area contributed by atoms with Crippen LogP contribution in [0.1, 0.15) is 25.7 Å². The van der Waals surface area contributed by atoms with Crippen molar-refractivity contribution in [3.05, 3.63) is 22.9 Å². The van der Waals surface area contributed by atoms with Crippen LogP contribution >= 0.6 is 15.9 Å². The number of nitrogens with zero attached hydrogens (tertiary/aromatic N) is 1. The monoisotopic (exact) mass is 285 g/mol. The first-order valence-corrected chi connectivity index (χ1v) is 6.10. The van der Waals surface area contributed by atoms with Gasteiger partial charge in [0.05, 0.1) is 11.9 Å². The van der Waals surface area contributed by atoms with Crippen LogP contribution in [0.3, 0.4) is 0 Å². The summed E-state index contributed by atoms with van der Waals surface area (Å²) in [4.78, 5) is 14.5. The highest BCUT2D eigenvalue weighted by molar-refractivity contribution is 9.10. The number of primary amides is 1. The number of hydrogen-bond acceptors (Lipinski definition) is 3. The number of anilines is 1. The summed E-state index contributed by atoms with van der Waals surface area (Å²) in [5, 5.41) is 3.26. The van der Waals surface area contributed by atoms with Crippen LogP contribution in [-0.4, -0.2) is 17.4 Å². The third-order valence-corrected chi connectivity index (χ3v) is 2.57. The van der Waals surface area contributed by atoms with Gasteiger partial charge in [-0.1, -0.05) is 6.42 Å². The van der Waals surface area contributed by atoms with E-state index >= 15 is 0 Å². The number of rotatable bonds is 7. The number of aromatic nitrogens is 1. The highest BCUT2D eigenvalue weighted by Crippen LogP contribution is 2.13. The van der Waals surface area contributed by atoms with Gasteiger partial charge in [-0.05, 0) is 34.8 Å². The Hall–Kier alpha value is -1.10. The quantitative estimate of drug-likeness (QED) is 0.756. The number of carbonyl (C=O) groups is 1. The van der Waals surface area contributed by atoms with Crippen molar-refractivity contribution in [3.8, 4) is 0 Å². The molecule has 0 aliphatic carbocycles. The number of nitrogens with one attached hydrogen (secondary N) is 1. The van der Waals surface area contributed by atoms with Crippen LogP contribution in [0.15, 0.2) is 22.9 Å². The average molecular weight is 286 g/mol. The zero-order chi connectivity index (χ0) is 11.8. The molecule has 0 aliphatic heterocycles. The topological polar surface area (TPSA) is 68.0 Å². The number of amides is 1. The molecular weight excluding hydrogens is 270 g/mol. The first kappa shape index (κ1) is 13.0. The van der Waals surface area contributed by atoms with E-state index in [4.69, 9.17) is 5.73 Å². The molecule has 3 N–H and O–H groups in total. The summed E-state index contributed by atoms with van der Waals surface area (Å²) in [6, 6.07) is 1.98. The Kier molecular flexibility index (Phi) is 5.85. The summed E-state index contributed by atoms with van der Waals surface area (Å²) < 4.78 is 0.964. The van der Waals surface area contributed by atoms with E-state index in [0.29, 0.717) is 6.42 Å². The smallest absolute Gasteiger partial charge is 0.217 e. The van der Waals surface area contributed by atoms with Gasteiger partial charge in [0.2, 0.25) is 5.91 Å². The summed E-state index contributed by atoms with van der Waals surface area (Å²) in [5.74, 6) is -0.218. The number of halogens is 1. The van der Waals surface area contributed by atoms with Crippen LogP contribution in [0.2, 0.25) is 0 Å². The van der Waals surface area contributed by atoms with Crippen LogP contribution in [0.25, 0.3) is 0 Å². The predicted molar refractivity (Wildman–Crippen MR) is 68.1 cm³/mol. The maximum absolute atomic E-state index is 10.5. The van der Waals surface area contributed by atoms with Gasteiger partial charge in [0, 0.05) is 23.6 Å². The number of pyridine rings is 1. The normalized spacial score (nSPS) is 10.1. The minimum absolute atomic E-state index is 0.218. The van der Waals surface area contributed by atoms with Gasteiger partial charge in [0.25, 0.3) is 0 Å². The van der Waals surface area contributed by atoms with Crippen LogP contribution in [0.4, 0.5) is 5.69 Å². The van der Waals surface area contributed by atoms with Gasteiger partial charge in [-0.25, -0.2) is 0 Å². The van der Waals surface area contributed by atoms with E-state index in [1.165, 1.54) is 0 Å². The Morgan fingerprint density at radius 1 is 1.38 bits per heavy atom. The minimum atomic E-state index is -0.218. The van der Waals surface area contributed by atoms with Crippen LogP contribution < -0.4 is 11.1 Å². The molecule has 0 unspecified atom stereocenters. The number of hydrogen-bond donors (Lipinski definition) is 2. The lowest BCUT2D eigenvalue weighted by Crippen LogP contribution is -2.10. The molecule has 16 heavy (non-hydrogen) atoms. The second kappa shape index (κ2) is 7.22. The fourth-order valence-electron chi connectivity index (χ4n) is 1.34. The van der Waals surface area contributed by atoms with Crippen molar-refractivity contribution in [1.82, 2.24) is 4.98 Å². The lowest BCUT2D eigenvalue weighted by Gasteiger charge is -2.05. The molecule has 88 valence electrons. The fraction of sp³-hybridized carbons (Fsp3) is 0.455. The maximum atomic E-state index is 10.5. The molecule has 1 rings (SSSR count). The number of nitrogens with two attached hydrogens (primary N) is 1. The molecule has 0 aromatic carbocycles. The Balaban J connectivity index is 2.09. The SMILES string of the molecule is NC(=O)CCCCCNc1cncc(Br)c1. The molecule has 1 aromatic heterocycles. The lowest BCUT2D eigenvalue weighted by atomic mass is 10.2. The summed E-state index contributed by atoms with van der Waals surface area (Å²) in [6.45, 7) is 0.886. The van der Waals surface area contributed by atoms with Crippen molar-refractivity contribution < 1.29 is 4.79 Å².